The van der Waals surface area contributed by atoms with Crippen molar-refractivity contribution < 1.29 is 4.42 Å². The lowest BCUT2D eigenvalue weighted by molar-refractivity contribution is 0.538. The first kappa shape index (κ1) is 17.4. The number of aromatic nitrogens is 5. The topological polar surface area (TPSA) is 81.7 Å². The van der Waals surface area contributed by atoms with Gasteiger partial charge in [-0.3, -0.25) is 9.29 Å². The largest absolute Gasteiger partial charge is 0.458 e. The molecule has 1 aliphatic rings. The zero-order valence-corrected chi connectivity index (χ0v) is 16.1. The highest BCUT2D eigenvalue weighted by Crippen LogP contribution is 2.41. The first-order chi connectivity index (χ1) is 12.6. The highest BCUT2D eigenvalue weighted by Gasteiger charge is 2.31. The molecule has 0 bridgehead atoms. The molecule has 1 saturated carbocycles. The highest BCUT2D eigenvalue weighted by atomic mass is 35.5. The fourth-order valence-electron chi connectivity index (χ4n) is 2.66. The minimum absolute atomic E-state index is 0.259. The Balaban J connectivity index is 1.45. The predicted octanol–water partition coefficient (Wildman–Crippen LogP) is 4.32. The fourth-order valence-corrected chi connectivity index (χ4v) is 3.43. The molecule has 0 aliphatic heterocycles. The van der Waals surface area contributed by atoms with Crippen molar-refractivity contribution in [3.05, 3.63) is 41.1 Å². The van der Waals surface area contributed by atoms with E-state index < -0.39 is 0 Å². The van der Waals surface area contributed by atoms with Gasteiger partial charge in [-0.15, -0.1) is 10.2 Å². The minimum atomic E-state index is 0.259. The molecule has 4 rings (SSSR count). The number of aryl methyl sites for hydroxylation is 1. The van der Waals surface area contributed by atoms with Crippen molar-refractivity contribution in [2.45, 2.75) is 44.4 Å². The smallest absolute Gasteiger partial charge is 0.235 e. The molecule has 1 aliphatic carbocycles. The number of anilines is 1. The number of hydrogen-bond acceptors (Lipinski definition) is 7. The van der Waals surface area contributed by atoms with Gasteiger partial charge in [-0.25, -0.2) is 9.97 Å². The van der Waals surface area contributed by atoms with Crippen molar-refractivity contribution >= 4 is 29.5 Å². The summed E-state index contributed by atoms with van der Waals surface area (Å²) in [5, 5.41) is 9.47. The number of halogens is 1. The maximum atomic E-state index is 5.83. The number of hydrogen-bond donors (Lipinski definition) is 1. The first-order valence-electron chi connectivity index (χ1n) is 8.50. The molecular formula is C17H19ClN6OS. The summed E-state index contributed by atoms with van der Waals surface area (Å²) in [6.45, 7) is 4.04. The van der Waals surface area contributed by atoms with Gasteiger partial charge in [0.2, 0.25) is 11.8 Å². The van der Waals surface area contributed by atoms with Gasteiger partial charge in [0.25, 0.3) is 0 Å². The van der Waals surface area contributed by atoms with Crippen molar-refractivity contribution in [1.82, 2.24) is 24.7 Å². The standard InChI is InChI=1S/C17H19ClN6OS/c1-10-3-6-14(25-10)16-21-22-17(24(16)13-4-5-13)23-26-11(2)7-15-19-8-12(18)9-20-15/h3,6,8-9,11,13H,4-5,7H2,1-2H3,(H,22,23). The van der Waals surface area contributed by atoms with E-state index in [0.717, 1.165) is 48.4 Å². The van der Waals surface area contributed by atoms with Gasteiger partial charge in [-0.1, -0.05) is 18.5 Å². The van der Waals surface area contributed by atoms with E-state index in [2.05, 4.69) is 36.4 Å². The lowest BCUT2D eigenvalue weighted by Crippen LogP contribution is -2.10. The van der Waals surface area contributed by atoms with E-state index in [9.17, 15) is 0 Å². The minimum Gasteiger partial charge on any atom is -0.458 e. The zero-order chi connectivity index (χ0) is 18.1. The van der Waals surface area contributed by atoms with Crippen LogP contribution in [0.1, 0.15) is 37.4 Å². The normalized spacial score (nSPS) is 15.2. The van der Waals surface area contributed by atoms with Crippen LogP contribution in [0.15, 0.2) is 28.9 Å². The first-order valence-corrected chi connectivity index (χ1v) is 9.75. The van der Waals surface area contributed by atoms with E-state index in [0.29, 0.717) is 11.1 Å². The Labute approximate surface area is 160 Å². The van der Waals surface area contributed by atoms with Gasteiger partial charge in [-0.2, -0.15) is 0 Å². The average Bonchev–Trinajstić information content (AvgIpc) is 3.23. The van der Waals surface area contributed by atoms with Crippen LogP contribution < -0.4 is 4.72 Å². The van der Waals surface area contributed by atoms with E-state index in [1.54, 1.807) is 24.3 Å². The van der Waals surface area contributed by atoms with Crippen LogP contribution in [-0.4, -0.2) is 30.0 Å². The Bertz CT molecular complexity index is 889. The molecule has 9 heteroatoms. The van der Waals surface area contributed by atoms with Crippen LogP contribution in [0.5, 0.6) is 0 Å². The van der Waals surface area contributed by atoms with Crippen molar-refractivity contribution in [3.63, 3.8) is 0 Å². The summed E-state index contributed by atoms with van der Waals surface area (Å²) in [6.07, 6.45) is 6.25. The summed E-state index contributed by atoms with van der Waals surface area (Å²) in [5.74, 6) is 3.92. The molecule has 0 spiro atoms. The maximum Gasteiger partial charge on any atom is 0.235 e. The van der Waals surface area contributed by atoms with E-state index in [-0.39, 0.29) is 5.25 Å². The van der Waals surface area contributed by atoms with Crippen molar-refractivity contribution in [2.24, 2.45) is 0 Å². The molecule has 1 fully saturated rings. The molecule has 1 unspecified atom stereocenters. The molecule has 136 valence electrons. The quantitative estimate of drug-likeness (QED) is 0.601. The molecule has 3 heterocycles. The number of furan rings is 1. The predicted molar refractivity (Wildman–Crippen MR) is 102 cm³/mol. The summed E-state index contributed by atoms with van der Waals surface area (Å²) in [5.41, 5.74) is 0. The van der Waals surface area contributed by atoms with E-state index in [1.165, 1.54) is 0 Å². The van der Waals surface area contributed by atoms with Gasteiger partial charge in [0.15, 0.2) is 5.76 Å². The lowest BCUT2D eigenvalue weighted by Gasteiger charge is -2.13. The average molecular weight is 391 g/mol. The van der Waals surface area contributed by atoms with Gasteiger partial charge in [0.05, 0.1) is 5.02 Å². The van der Waals surface area contributed by atoms with Crippen LogP contribution in [0, 0.1) is 6.92 Å². The summed E-state index contributed by atoms with van der Waals surface area (Å²) in [7, 11) is 0. The van der Waals surface area contributed by atoms with Crippen LogP contribution in [0.4, 0.5) is 5.95 Å². The second-order valence-electron chi connectivity index (χ2n) is 6.41. The molecule has 0 saturated heterocycles. The Hall–Kier alpha value is -2.06. The Morgan fingerprint density at radius 3 is 2.73 bits per heavy atom. The van der Waals surface area contributed by atoms with E-state index in [4.69, 9.17) is 16.0 Å². The number of rotatable bonds is 7. The van der Waals surface area contributed by atoms with Crippen LogP contribution in [0.25, 0.3) is 11.6 Å². The molecule has 0 aromatic carbocycles. The van der Waals surface area contributed by atoms with Crippen LogP contribution in [-0.2, 0) is 6.42 Å². The summed E-state index contributed by atoms with van der Waals surface area (Å²) >= 11 is 7.41. The van der Waals surface area contributed by atoms with Crippen LogP contribution in [0.2, 0.25) is 5.02 Å². The lowest BCUT2D eigenvalue weighted by atomic mass is 10.3. The van der Waals surface area contributed by atoms with Crippen molar-refractivity contribution in [2.75, 3.05) is 4.72 Å². The molecule has 3 aromatic heterocycles. The van der Waals surface area contributed by atoms with E-state index >= 15 is 0 Å². The maximum absolute atomic E-state index is 5.83. The number of nitrogens with one attached hydrogen (secondary N) is 1. The molecule has 0 radical (unpaired) electrons. The van der Waals surface area contributed by atoms with E-state index in [1.807, 2.05) is 19.1 Å². The van der Waals surface area contributed by atoms with Crippen molar-refractivity contribution in [3.8, 4) is 11.6 Å². The highest BCUT2D eigenvalue weighted by molar-refractivity contribution is 8.01. The molecule has 26 heavy (non-hydrogen) atoms. The molecule has 7 nitrogen and oxygen atoms in total. The van der Waals surface area contributed by atoms with Crippen LogP contribution in [0.3, 0.4) is 0 Å². The summed E-state index contributed by atoms with van der Waals surface area (Å²) in [4.78, 5) is 8.49. The third-order valence-corrected chi connectivity index (χ3v) is 5.13. The third kappa shape index (κ3) is 3.86. The molecule has 3 aromatic rings. The summed E-state index contributed by atoms with van der Waals surface area (Å²) < 4.78 is 11.2. The van der Waals surface area contributed by atoms with Gasteiger partial charge in [0, 0.05) is 30.1 Å². The Morgan fingerprint density at radius 2 is 2.08 bits per heavy atom. The molecular weight excluding hydrogens is 372 g/mol. The monoisotopic (exact) mass is 390 g/mol. The Morgan fingerprint density at radius 1 is 1.31 bits per heavy atom. The second-order valence-corrected chi connectivity index (χ2v) is 8.09. The molecule has 0 amide bonds. The van der Waals surface area contributed by atoms with Crippen molar-refractivity contribution in [1.29, 1.82) is 0 Å². The van der Waals surface area contributed by atoms with Crippen LogP contribution >= 0.6 is 23.5 Å². The Kier molecular flexibility index (Phi) is 4.86. The number of nitrogens with zero attached hydrogens (tertiary/aromatic N) is 5. The zero-order valence-electron chi connectivity index (χ0n) is 14.5. The molecule has 1 atom stereocenters. The van der Waals surface area contributed by atoms with Gasteiger partial charge < -0.3 is 4.42 Å². The summed E-state index contributed by atoms with van der Waals surface area (Å²) in [6, 6.07) is 4.32. The third-order valence-electron chi connectivity index (χ3n) is 4.06. The van der Waals surface area contributed by atoms with Gasteiger partial charge >= 0.3 is 0 Å². The molecule has 1 N–H and O–H groups in total. The SMILES string of the molecule is Cc1ccc(-c2nnc(NSC(C)Cc3ncc(Cl)cn3)n2C2CC2)o1. The van der Waals surface area contributed by atoms with Gasteiger partial charge in [0.1, 0.15) is 11.6 Å². The second kappa shape index (κ2) is 7.28. The fraction of sp³-hybridized carbons (Fsp3) is 0.412. The van der Waals surface area contributed by atoms with Gasteiger partial charge in [-0.05, 0) is 43.8 Å².